The second-order valence-electron chi connectivity index (χ2n) is 4.93. The summed E-state index contributed by atoms with van der Waals surface area (Å²) in [5.74, 6) is 1.43. The van der Waals surface area contributed by atoms with Crippen molar-refractivity contribution in [2.75, 3.05) is 13.7 Å². The van der Waals surface area contributed by atoms with E-state index in [2.05, 4.69) is 6.07 Å². The summed E-state index contributed by atoms with van der Waals surface area (Å²) in [6, 6.07) is 13.4. The fourth-order valence-corrected chi connectivity index (χ4v) is 2.16. The van der Waals surface area contributed by atoms with E-state index >= 15 is 0 Å². The van der Waals surface area contributed by atoms with E-state index in [0.717, 1.165) is 22.4 Å². The minimum absolute atomic E-state index is 0.218. The lowest BCUT2D eigenvalue weighted by Crippen LogP contribution is -2.10. The summed E-state index contributed by atoms with van der Waals surface area (Å²) in [6.45, 7) is 4.26. The van der Waals surface area contributed by atoms with Crippen molar-refractivity contribution in [3.63, 3.8) is 0 Å². The SMILES string of the molecule is COc1cccc(OCC(O)c2cc(C)cc(C)c2)c1. The molecule has 3 nitrogen and oxygen atoms in total. The standard InChI is InChI=1S/C17H20O3/c1-12-7-13(2)9-14(8-12)17(18)11-20-16-6-4-5-15(10-16)19-3/h4-10,17-18H,11H2,1-3H3. The van der Waals surface area contributed by atoms with Gasteiger partial charge >= 0.3 is 0 Å². The van der Waals surface area contributed by atoms with Gasteiger partial charge in [0.05, 0.1) is 7.11 Å². The quantitative estimate of drug-likeness (QED) is 0.906. The number of ether oxygens (including phenoxy) is 2. The van der Waals surface area contributed by atoms with Crippen LogP contribution in [0.25, 0.3) is 0 Å². The normalized spacial score (nSPS) is 12.0. The molecular weight excluding hydrogens is 252 g/mol. The average Bonchev–Trinajstić information content (AvgIpc) is 2.44. The average molecular weight is 272 g/mol. The molecule has 0 spiro atoms. The Bertz CT molecular complexity index is 558. The molecule has 2 rings (SSSR count). The molecule has 0 radical (unpaired) electrons. The lowest BCUT2D eigenvalue weighted by molar-refractivity contribution is 0.108. The Labute approximate surface area is 119 Å². The minimum atomic E-state index is -0.639. The van der Waals surface area contributed by atoms with Crippen molar-refractivity contribution in [1.82, 2.24) is 0 Å². The van der Waals surface area contributed by atoms with Gasteiger partial charge in [0, 0.05) is 6.07 Å². The van der Waals surface area contributed by atoms with Crippen LogP contribution < -0.4 is 9.47 Å². The molecule has 0 amide bonds. The summed E-state index contributed by atoms with van der Waals surface area (Å²) < 4.78 is 10.7. The van der Waals surface area contributed by atoms with Crippen LogP contribution in [0, 0.1) is 13.8 Å². The van der Waals surface area contributed by atoms with Crippen LogP contribution in [0.15, 0.2) is 42.5 Å². The summed E-state index contributed by atoms with van der Waals surface area (Å²) in [5, 5.41) is 10.2. The van der Waals surface area contributed by atoms with Gasteiger partial charge in [-0.3, -0.25) is 0 Å². The van der Waals surface area contributed by atoms with Crippen molar-refractivity contribution < 1.29 is 14.6 Å². The molecular formula is C17H20O3. The maximum Gasteiger partial charge on any atom is 0.123 e. The predicted octanol–water partition coefficient (Wildman–Crippen LogP) is 3.42. The molecule has 0 aromatic heterocycles. The van der Waals surface area contributed by atoms with E-state index in [1.807, 2.05) is 44.2 Å². The van der Waals surface area contributed by atoms with Crippen molar-refractivity contribution in [2.24, 2.45) is 0 Å². The van der Waals surface area contributed by atoms with Gasteiger partial charge in [0.2, 0.25) is 0 Å². The molecule has 0 bridgehead atoms. The lowest BCUT2D eigenvalue weighted by atomic mass is 10.0. The Hall–Kier alpha value is -2.00. The van der Waals surface area contributed by atoms with Crippen LogP contribution in [0.4, 0.5) is 0 Å². The monoisotopic (exact) mass is 272 g/mol. The first-order valence-electron chi connectivity index (χ1n) is 6.61. The van der Waals surface area contributed by atoms with Crippen LogP contribution in [-0.2, 0) is 0 Å². The fourth-order valence-electron chi connectivity index (χ4n) is 2.16. The summed E-state index contributed by atoms with van der Waals surface area (Å²) in [6.07, 6.45) is -0.639. The van der Waals surface area contributed by atoms with E-state index in [4.69, 9.17) is 9.47 Å². The Morgan fingerprint density at radius 2 is 1.65 bits per heavy atom. The Kier molecular flexibility index (Phi) is 4.64. The predicted molar refractivity (Wildman–Crippen MR) is 79.4 cm³/mol. The van der Waals surface area contributed by atoms with E-state index in [0.29, 0.717) is 5.75 Å². The number of aliphatic hydroxyl groups excluding tert-OH is 1. The van der Waals surface area contributed by atoms with Crippen molar-refractivity contribution in [3.8, 4) is 11.5 Å². The summed E-state index contributed by atoms with van der Waals surface area (Å²) in [5.41, 5.74) is 3.16. The van der Waals surface area contributed by atoms with Gasteiger partial charge in [0.25, 0.3) is 0 Å². The van der Waals surface area contributed by atoms with Crippen molar-refractivity contribution in [3.05, 3.63) is 59.2 Å². The lowest BCUT2D eigenvalue weighted by Gasteiger charge is -2.14. The van der Waals surface area contributed by atoms with E-state index < -0.39 is 6.10 Å². The van der Waals surface area contributed by atoms with Gasteiger partial charge in [0.15, 0.2) is 0 Å². The molecule has 0 fully saturated rings. The van der Waals surface area contributed by atoms with E-state index in [1.54, 1.807) is 13.2 Å². The number of methoxy groups -OCH3 is 1. The highest BCUT2D eigenvalue weighted by atomic mass is 16.5. The Morgan fingerprint density at radius 1 is 1.00 bits per heavy atom. The largest absolute Gasteiger partial charge is 0.497 e. The molecule has 0 heterocycles. The van der Waals surface area contributed by atoms with Gasteiger partial charge in [-0.05, 0) is 31.5 Å². The zero-order chi connectivity index (χ0) is 14.5. The molecule has 1 atom stereocenters. The molecule has 2 aromatic rings. The van der Waals surface area contributed by atoms with Crippen LogP contribution in [0.1, 0.15) is 22.8 Å². The van der Waals surface area contributed by atoms with Gasteiger partial charge in [0.1, 0.15) is 24.2 Å². The van der Waals surface area contributed by atoms with Crippen molar-refractivity contribution in [1.29, 1.82) is 0 Å². The highest BCUT2D eigenvalue weighted by Crippen LogP contribution is 2.22. The molecule has 0 aliphatic heterocycles. The number of benzene rings is 2. The number of aliphatic hydroxyl groups is 1. The number of hydrogen-bond donors (Lipinski definition) is 1. The fraction of sp³-hybridized carbons (Fsp3) is 0.294. The third kappa shape index (κ3) is 3.75. The first-order valence-corrected chi connectivity index (χ1v) is 6.61. The second kappa shape index (κ2) is 6.44. The van der Waals surface area contributed by atoms with Crippen molar-refractivity contribution >= 4 is 0 Å². The van der Waals surface area contributed by atoms with Crippen LogP contribution in [0.2, 0.25) is 0 Å². The second-order valence-corrected chi connectivity index (χ2v) is 4.93. The zero-order valence-electron chi connectivity index (χ0n) is 12.1. The topological polar surface area (TPSA) is 38.7 Å². The van der Waals surface area contributed by atoms with Gasteiger partial charge in [-0.15, -0.1) is 0 Å². The Balaban J connectivity index is 2.02. The van der Waals surface area contributed by atoms with Crippen molar-refractivity contribution in [2.45, 2.75) is 20.0 Å². The molecule has 2 aromatic carbocycles. The zero-order valence-corrected chi connectivity index (χ0v) is 12.1. The highest BCUT2D eigenvalue weighted by molar-refractivity contribution is 5.33. The molecule has 20 heavy (non-hydrogen) atoms. The van der Waals surface area contributed by atoms with Gasteiger partial charge in [-0.1, -0.05) is 35.4 Å². The van der Waals surface area contributed by atoms with Crippen LogP contribution in [0.3, 0.4) is 0 Å². The molecule has 1 N–H and O–H groups in total. The maximum absolute atomic E-state index is 10.2. The summed E-state index contributed by atoms with van der Waals surface area (Å²) >= 11 is 0. The number of hydrogen-bond acceptors (Lipinski definition) is 3. The van der Waals surface area contributed by atoms with E-state index in [-0.39, 0.29) is 6.61 Å². The third-order valence-electron chi connectivity index (χ3n) is 3.08. The molecule has 0 aliphatic rings. The molecule has 0 saturated heterocycles. The molecule has 0 aliphatic carbocycles. The smallest absolute Gasteiger partial charge is 0.123 e. The van der Waals surface area contributed by atoms with Crippen LogP contribution in [0.5, 0.6) is 11.5 Å². The Morgan fingerprint density at radius 3 is 2.30 bits per heavy atom. The first-order chi connectivity index (χ1) is 9.58. The summed E-state index contributed by atoms with van der Waals surface area (Å²) in [4.78, 5) is 0. The molecule has 3 heteroatoms. The maximum atomic E-state index is 10.2. The molecule has 106 valence electrons. The third-order valence-corrected chi connectivity index (χ3v) is 3.08. The minimum Gasteiger partial charge on any atom is -0.497 e. The van der Waals surface area contributed by atoms with Crippen LogP contribution >= 0.6 is 0 Å². The van der Waals surface area contributed by atoms with Gasteiger partial charge in [-0.25, -0.2) is 0 Å². The molecule has 0 saturated carbocycles. The first kappa shape index (κ1) is 14.4. The number of rotatable bonds is 5. The van der Waals surface area contributed by atoms with E-state index in [9.17, 15) is 5.11 Å². The van der Waals surface area contributed by atoms with E-state index in [1.165, 1.54) is 0 Å². The number of aryl methyl sites for hydroxylation is 2. The summed E-state index contributed by atoms with van der Waals surface area (Å²) in [7, 11) is 1.61. The van der Waals surface area contributed by atoms with Crippen LogP contribution in [-0.4, -0.2) is 18.8 Å². The molecule has 1 unspecified atom stereocenters. The highest BCUT2D eigenvalue weighted by Gasteiger charge is 2.09. The van der Waals surface area contributed by atoms with Gasteiger partial charge < -0.3 is 14.6 Å². The van der Waals surface area contributed by atoms with Gasteiger partial charge in [-0.2, -0.15) is 0 Å².